The van der Waals surface area contributed by atoms with Crippen molar-refractivity contribution < 1.29 is 13.5 Å². The number of hydrogen-bond donors (Lipinski definition) is 2. The largest absolute Gasteiger partial charge is 0.380 e. The minimum Gasteiger partial charge on any atom is -0.380 e. The predicted molar refractivity (Wildman–Crippen MR) is 125 cm³/mol. The third-order valence-corrected chi connectivity index (χ3v) is 7.13. The molecule has 0 aliphatic carbocycles. The smallest absolute Gasteiger partial charge is 0.175 e. The summed E-state index contributed by atoms with van der Waals surface area (Å²) in [5.41, 5.74) is 2.44. The van der Waals surface area contributed by atoms with Crippen molar-refractivity contribution in [3.8, 4) is 11.1 Å². The Hall–Kier alpha value is -1.80. The van der Waals surface area contributed by atoms with Gasteiger partial charge in [0, 0.05) is 27.4 Å². The second kappa shape index (κ2) is 8.28. The van der Waals surface area contributed by atoms with Gasteiger partial charge < -0.3 is 10.1 Å². The number of halogens is 4. The van der Waals surface area contributed by atoms with Crippen molar-refractivity contribution in [2.45, 2.75) is 11.0 Å². The molecule has 1 aromatic heterocycles. The third-order valence-electron chi connectivity index (χ3n) is 4.77. The summed E-state index contributed by atoms with van der Waals surface area (Å²) >= 11 is 25.5. The molecule has 0 radical (unpaired) electrons. The first-order valence-corrected chi connectivity index (χ1v) is 12.3. The Morgan fingerprint density at radius 1 is 0.968 bits per heavy atom. The minimum atomic E-state index is -3.34. The van der Waals surface area contributed by atoms with E-state index in [0.717, 1.165) is 6.26 Å². The highest BCUT2D eigenvalue weighted by Crippen LogP contribution is 2.43. The van der Waals surface area contributed by atoms with E-state index in [2.05, 4.69) is 9.97 Å². The van der Waals surface area contributed by atoms with E-state index in [1.54, 1.807) is 24.3 Å². The van der Waals surface area contributed by atoms with Gasteiger partial charge in [0.15, 0.2) is 9.84 Å². The molecule has 0 fully saturated rings. The molecule has 10 heteroatoms. The van der Waals surface area contributed by atoms with Crippen LogP contribution in [0.4, 0.5) is 0 Å². The summed E-state index contributed by atoms with van der Waals surface area (Å²) in [6.07, 6.45) is -0.0123. The summed E-state index contributed by atoms with van der Waals surface area (Å²) in [6.45, 7) is 0. The SMILES string of the molecule is CS(=O)(=O)c1ccc(C(O)c2nc3c(Cl)c(-c4cc(Cl)ccc4Cl)c(Cl)cc3[nH]2)cc1. The molecule has 0 saturated heterocycles. The van der Waals surface area contributed by atoms with Crippen molar-refractivity contribution in [3.63, 3.8) is 0 Å². The van der Waals surface area contributed by atoms with Crippen LogP contribution in [0.3, 0.4) is 0 Å². The van der Waals surface area contributed by atoms with Crippen LogP contribution in [-0.4, -0.2) is 29.7 Å². The van der Waals surface area contributed by atoms with Crippen molar-refractivity contribution in [1.82, 2.24) is 9.97 Å². The topological polar surface area (TPSA) is 83.1 Å². The predicted octanol–water partition coefficient (Wildman–Crippen LogP) is 6.33. The number of aliphatic hydroxyl groups excluding tert-OH is 1. The number of nitrogens with one attached hydrogen (secondary N) is 1. The number of benzene rings is 3. The van der Waals surface area contributed by atoms with Gasteiger partial charge in [0.2, 0.25) is 0 Å². The molecule has 0 bridgehead atoms. The minimum absolute atomic E-state index is 0.158. The molecule has 1 atom stereocenters. The maximum atomic E-state index is 11.6. The quantitative estimate of drug-likeness (QED) is 0.332. The van der Waals surface area contributed by atoms with Crippen LogP contribution in [0.1, 0.15) is 17.5 Å². The van der Waals surface area contributed by atoms with Crippen molar-refractivity contribution in [2.24, 2.45) is 0 Å². The fourth-order valence-corrected chi connectivity index (χ4v) is 4.94. The number of fused-ring (bicyclic) bond motifs is 1. The molecule has 0 aliphatic rings. The highest BCUT2D eigenvalue weighted by atomic mass is 35.5. The zero-order chi connectivity index (χ0) is 22.5. The number of aliphatic hydroxyl groups is 1. The second-order valence-electron chi connectivity index (χ2n) is 6.93. The van der Waals surface area contributed by atoms with Crippen LogP contribution in [0.25, 0.3) is 22.2 Å². The third kappa shape index (κ3) is 4.29. The number of sulfone groups is 1. The average molecular weight is 516 g/mol. The normalized spacial score (nSPS) is 13.0. The lowest BCUT2D eigenvalue weighted by Crippen LogP contribution is -2.03. The number of imidazole rings is 1. The summed E-state index contributed by atoms with van der Waals surface area (Å²) in [7, 11) is -3.34. The Morgan fingerprint density at radius 2 is 1.65 bits per heavy atom. The first kappa shape index (κ1) is 22.4. The maximum absolute atomic E-state index is 11.6. The molecule has 3 aromatic carbocycles. The fraction of sp³-hybridized carbons (Fsp3) is 0.0952. The van der Waals surface area contributed by atoms with E-state index in [1.165, 1.54) is 24.3 Å². The van der Waals surface area contributed by atoms with Gasteiger partial charge in [-0.05, 0) is 42.0 Å². The van der Waals surface area contributed by atoms with Crippen molar-refractivity contribution in [1.29, 1.82) is 0 Å². The van der Waals surface area contributed by atoms with Crippen LogP contribution in [0.5, 0.6) is 0 Å². The van der Waals surface area contributed by atoms with Crippen LogP contribution in [0.15, 0.2) is 53.4 Å². The standard InChI is InChI=1S/C21H14Cl4N2O3S/c1-31(29,30)12-5-2-10(3-6-12)20(28)21-26-16-9-15(24)17(18(25)19(16)27-21)13-8-11(22)4-7-14(13)23/h2-9,20,28H,1H3,(H,26,27). The zero-order valence-electron chi connectivity index (χ0n) is 15.8. The molecule has 4 rings (SSSR count). The van der Waals surface area contributed by atoms with E-state index in [0.29, 0.717) is 42.8 Å². The van der Waals surface area contributed by atoms with Crippen LogP contribution in [0.2, 0.25) is 20.1 Å². The van der Waals surface area contributed by atoms with Gasteiger partial charge in [-0.15, -0.1) is 0 Å². The van der Waals surface area contributed by atoms with Gasteiger partial charge in [-0.2, -0.15) is 0 Å². The summed E-state index contributed by atoms with van der Waals surface area (Å²) in [5, 5.41) is 12.3. The first-order chi connectivity index (χ1) is 14.6. The molecule has 0 saturated carbocycles. The summed E-state index contributed by atoms with van der Waals surface area (Å²) in [6, 6.07) is 12.5. The van der Waals surface area contributed by atoms with Crippen LogP contribution < -0.4 is 0 Å². The monoisotopic (exact) mass is 514 g/mol. The number of nitrogens with zero attached hydrogens (tertiary/aromatic N) is 1. The fourth-order valence-electron chi connectivity index (χ4n) is 3.22. The van der Waals surface area contributed by atoms with E-state index in [9.17, 15) is 13.5 Å². The number of aromatic amines is 1. The number of hydrogen-bond acceptors (Lipinski definition) is 4. The maximum Gasteiger partial charge on any atom is 0.175 e. The lowest BCUT2D eigenvalue weighted by Gasteiger charge is -2.10. The molecule has 0 aliphatic heterocycles. The molecule has 31 heavy (non-hydrogen) atoms. The van der Waals surface area contributed by atoms with E-state index in [1.807, 2.05) is 0 Å². The molecule has 0 spiro atoms. The molecule has 5 nitrogen and oxygen atoms in total. The molecule has 160 valence electrons. The Balaban J connectivity index is 1.80. The molecule has 1 heterocycles. The summed E-state index contributed by atoms with van der Waals surface area (Å²) in [4.78, 5) is 7.62. The van der Waals surface area contributed by atoms with Crippen molar-refractivity contribution in [3.05, 3.63) is 80.0 Å². The molecular weight excluding hydrogens is 502 g/mol. The van der Waals surface area contributed by atoms with E-state index < -0.39 is 15.9 Å². The van der Waals surface area contributed by atoms with Gasteiger partial charge in [0.05, 0.1) is 20.5 Å². The molecular formula is C21H14Cl4N2O3S. The van der Waals surface area contributed by atoms with Gasteiger partial charge >= 0.3 is 0 Å². The first-order valence-electron chi connectivity index (χ1n) is 8.87. The van der Waals surface area contributed by atoms with Gasteiger partial charge in [0.25, 0.3) is 0 Å². The summed E-state index contributed by atoms with van der Waals surface area (Å²) in [5.74, 6) is 0.231. The van der Waals surface area contributed by atoms with E-state index in [-0.39, 0.29) is 15.7 Å². The number of rotatable bonds is 4. The Bertz CT molecular complexity index is 1420. The van der Waals surface area contributed by atoms with Crippen LogP contribution >= 0.6 is 46.4 Å². The van der Waals surface area contributed by atoms with Gasteiger partial charge in [0.1, 0.15) is 17.4 Å². The van der Waals surface area contributed by atoms with E-state index in [4.69, 9.17) is 46.4 Å². The molecule has 0 amide bonds. The second-order valence-corrected chi connectivity index (χ2v) is 10.6. The van der Waals surface area contributed by atoms with Gasteiger partial charge in [-0.25, -0.2) is 13.4 Å². The average Bonchev–Trinajstić information content (AvgIpc) is 3.13. The Kier molecular flexibility index (Phi) is 5.98. The van der Waals surface area contributed by atoms with Gasteiger partial charge in [-0.1, -0.05) is 58.5 Å². The van der Waals surface area contributed by atoms with Gasteiger partial charge in [-0.3, -0.25) is 0 Å². The van der Waals surface area contributed by atoms with E-state index >= 15 is 0 Å². The Morgan fingerprint density at radius 3 is 2.29 bits per heavy atom. The van der Waals surface area contributed by atoms with Crippen molar-refractivity contribution in [2.75, 3.05) is 6.26 Å². The lowest BCUT2D eigenvalue weighted by atomic mass is 10.0. The molecule has 4 aromatic rings. The van der Waals surface area contributed by atoms with Crippen molar-refractivity contribution >= 4 is 67.3 Å². The molecule has 1 unspecified atom stereocenters. The zero-order valence-corrected chi connectivity index (χ0v) is 19.7. The van der Waals surface area contributed by atoms with Crippen LogP contribution in [0, 0.1) is 0 Å². The van der Waals surface area contributed by atoms with Crippen LogP contribution in [-0.2, 0) is 9.84 Å². The summed E-state index contributed by atoms with van der Waals surface area (Å²) < 4.78 is 23.3. The highest BCUT2D eigenvalue weighted by Gasteiger charge is 2.21. The Labute approximate surface area is 198 Å². The lowest BCUT2D eigenvalue weighted by molar-refractivity contribution is 0.211. The highest BCUT2D eigenvalue weighted by molar-refractivity contribution is 7.90. The number of H-pyrrole nitrogens is 1. The molecule has 2 N–H and O–H groups in total. The number of aromatic nitrogens is 2.